The first-order valence-electron chi connectivity index (χ1n) is 6.37. The molecule has 1 saturated heterocycles. The third-order valence-electron chi connectivity index (χ3n) is 3.79. The van der Waals surface area contributed by atoms with Crippen LogP contribution in [0.4, 0.5) is 13.2 Å². The standard InChI is InChI=1S/C12H19F3N2O3/c1-8(2)11(10(19)20)3-4-17(7-11)9(18)5-16-6-12(13,14)15/h8,16H,3-7H2,1-2H3,(H,19,20). The maximum Gasteiger partial charge on any atom is 0.401 e. The van der Waals surface area contributed by atoms with Crippen molar-refractivity contribution in [1.82, 2.24) is 10.2 Å². The molecule has 0 bridgehead atoms. The summed E-state index contributed by atoms with van der Waals surface area (Å²) in [5, 5.41) is 11.3. The van der Waals surface area contributed by atoms with Gasteiger partial charge in [0.1, 0.15) is 0 Å². The SMILES string of the molecule is CC(C)C1(C(=O)O)CCN(C(=O)CNCC(F)(F)F)C1. The quantitative estimate of drug-likeness (QED) is 0.797. The summed E-state index contributed by atoms with van der Waals surface area (Å²) in [6, 6.07) is 0. The van der Waals surface area contributed by atoms with E-state index in [4.69, 9.17) is 0 Å². The van der Waals surface area contributed by atoms with Crippen molar-refractivity contribution in [2.45, 2.75) is 26.4 Å². The number of amides is 1. The molecule has 1 heterocycles. The summed E-state index contributed by atoms with van der Waals surface area (Å²) in [4.78, 5) is 24.5. The number of nitrogens with zero attached hydrogens (tertiary/aromatic N) is 1. The minimum atomic E-state index is -4.37. The van der Waals surface area contributed by atoms with Gasteiger partial charge >= 0.3 is 12.1 Å². The van der Waals surface area contributed by atoms with Crippen LogP contribution >= 0.6 is 0 Å². The van der Waals surface area contributed by atoms with Crippen LogP contribution in [0.2, 0.25) is 0 Å². The number of carbonyl (C=O) groups is 2. The van der Waals surface area contributed by atoms with E-state index in [1.165, 1.54) is 4.90 Å². The van der Waals surface area contributed by atoms with Gasteiger partial charge in [-0.15, -0.1) is 0 Å². The van der Waals surface area contributed by atoms with Crippen molar-refractivity contribution in [1.29, 1.82) is 0 Å². The summed E-state index contributed by atoms with van der Waals surface area (Å²) in [6.45, 7) is 2.17. The van der Waals surface area contributed by atoms with Gasteiger partial charge in [-0.2, -0.15) is 13.2 Å². The second-order valence-corrected chi connectivity index (χ2v) is 5.40. The third kappa shape index (κ3) is 3.84. The molecule has 0 aromatic heterocycles. The Kier molecular flexibility index (Phi) is 5.01. The van der Waals surface area contributed by atoms with E-state index in [0.717, 1.165) is 0 Å². The number of aliphatic carboxylic acids is 1. The van der Waals surface area contributed by atoms with Gasteiger partial charge in [0, 0.05) is 13.1 Å². The molecule has 1 amide bonds. The Balaban J connectivity index is 2.55. The molecule has 0 aliphatic carbocycles. The maximum atomic E-state index is 12.0. The first kappa shape index (κ1) is 16.7. The summed E-state index contributed by atoms with van der Waals surface area (Å²) in [6.07, 6.45) is -4.04. The normalized spacial score (nSPS) is 23.4. The van der Waals surface area contributed by atoms with E-state index in [1.807, 2.05) is 5.32 Å². The fraction of sp³-hybridized carbons (Fsp3) is 0.833. The summed E-state index contributed by atoms with van der Waals surface area (Å²) >= 11 is 0. The number of hydrogen-bond acceptors (Lipinski definition) is 3. The van der Waals surface area contributed by atoms with E-state index in [-0.39, 0.29) is 19.0 Å². The van der Waals surface area contributed by atoms with Gasteiger partial charge in [-0.1, -0.05) is 13.8 Å². The van der Waals surface area contributed by atoms with Crippen LogP contribution in [-0.2, 0) is 9.59 Å². The van der Waals surface area contributed by atoms with Gasteiger partial charge in [0.05, 0.1) is 18.5 Å². The highest BCUT2D eigenvalue weighted by atomic mass is 19.4. The monoisotopic (exact) mass is 296 g/mol. The van der Waals surface area contributed by atoms with Crippen LogP contribution in [0.5, 0.6) is 0 Å². The molecule has 0 aromatic rings. The van der Waals surface area contributed by atoms with E-state index >= 15 is 0 Å². The van der Waals surface area contributed by atoms with Crippen molar-refractivity contribution in [2.24, 2.45) is 11.3 Å². The highest BCUT2D eigenvalue weighted by molar-refractivity contribution is 5.82. The lowest BCUT2D eigenvalue weighted by molar-refractivity contribution is -0.151. The van der Waals surface area contributed by atoms with E-state index in [2.05, 4.69) is 0 Å². The molecule has 0 spiro atoms. The van der Waals surface area contributed by atoms with Crippen molar-refractivity contribution in [3.8, 4) is 0 Å². The molecule has 5 nitrogen and oxygen atoms in total. The van der Waals surface area contributed by atoms with Gasteiger partial charge < -0.3 is 15.3 Å². The van der Waals surface area contributed by atoms with Gasteiger partial charge in [0.2, 0.25) is 5.91 Å². The Bertz CT molecular complexity index is 385. The molecule has 20 heavy (non-hydrogen) atoms. The van der Waals surface area contributed by atoms with E-state index in [1.54, 1.807) is 13.8 Å². The molecule has 1 fully saturated rings. The van der Waals surface area contributed by atoms with Crippen LogP contribution in [0.15, 0.2) is 0 Å². The number of carboxylic acid groups (broad SMARTS) is 1. The van der Waals surface area contributed by atoms with Crippen molar-refractivity contribution in [2.75, 3.05) is 26.2 Å². The fourth-order valence-corrected chi connectivity index (χ4v) is 2.36. The third-order valence-corrected chi connectivity index (χ3v) is 3.79. The Hall–Kier alpha value is -1.31. The average Bonchev–Trinajstić information content (AvgIpc) is 2.73. The van der Waals surface area contributed by atoms with Crippen LogP contribution in [0.25, 0.3) is 0 Å². The summed E-state index contributed by atoms with van der Waals surface area (Å²) in [7, 11) is 0. The van der Waals surface area contributed by atoms with E-state index in [0.29, 0.717) is 6.42 Å². The number of nitrogens with one attached hydrogen (secondary N) is 1. The Morgan fingerprint density at radius 1 is 1.40 bits per heavy atom. The molecule has 0 radical (unpaired) electrons. The molecule has 1 aliphatic heterocycles. The fourth-order valence-electron chi connectivity index (χ4n) is 2.36. The second-order valence-electron chi connectivity index (χ2n) is 5.40. The van der Waals surface area contributed by atoms with Crippen molar-refractivity contribution in [3.05, 3.63) is 0 Å². The molecule has 1 aliphatic rings. The van der Waals surface area contributed by atoms with Crippen molar-refractivity contribution in [3.63, 3.8) is 0 Å². The molecule has 8 heteroatoms. The lowest BCUT2D eigenvalue weighted by Gasteiger charge is -2.28. The van der Waals surface area contributed by atoms with E-state index in [9.17, 15) is 27.9 Å². The van der Waals surface area contributed by atoms with E-state index < -0.39 is 36.6 Å². The lowest BCUT2D eigenvalue weighted by atomic mass is 9.76. The zero-order valence-electron chi connectivity index (χ0n) is 11.5. The van der Waals surface area contributed by atoms with Crippen LogP contribution in [-0.4, -0.2) is 54.2 Å². The van der Waals surface area contributed by atoms with Crippen molar-refractivity contribution < 1.29 is 27.9 Å². The molecule has 1 unspecified atom stereocenters. The number of rotatable bonds is 5. The molecule has 0 saturated carbocycles. The van der Waals surface area contributed by atoms with Gasteiger partial charge in [0.15, 0.2) is 0 Å². The minimum Gasteiger partial charge on any atom is -0.481 e. The number of alkyl halides is 3. The van der Waals surface area contributed by atoms with Crippen LogP contribution in [0, 0.1) is 11.3 Å². The predicted molar refractivity (Wildman–Crippen MR) is 65.0 cm³/mol. The van der Waals surface area contributed by atoms with Gasteiger partial charge in [-0.05, 0) is 12.3 Å². The molecular formula is C12H19F3N2O3. The highest BCUT2D eigenvalue weighted by Crippen LogP contribution is 2.38. The molecule has 116 valence electrons. The van der Waals surface area contributed by atoms with Gasteiger partial charge in [-0.3, -0.25) is 9.59 Å². The first-order chi connectivity index (χ1) is 9.08. The Morgan fingerprint density at radius 3 is 2.40 bits per heavy atom. The molecule has 1 rings (SSSR count). The molecular weight excluding hydrogens is 277 g/mol. The predicted octanol–water partition coefficient (Wildman–Crippen LogP) is 1.10. The summed E-state index contributed by atoms with van der Waals surface area (Å²) in [5.74, 6) is -1.62. The summed E-state index contributed by atoms with van der Waals surface area (Å²) < 4.78 is 35.9. The van der Waals surface area contributed by atoms with Gasteiger partial charge in [-0.25, -0.2) is 0 Å². The second kappa shape index (κ2) is 5.99. The van der Waals surface area contributed by atoms with Gasteiger partial charge in [0.25, 0.3) is 0 Å². The highest BCUT2D eigenvalue weighted by Gasteiger charge is 2.48. The number of carbonyl (C=O) groups excluding carboxylic acids is 1. The number of halogens is 3. The Labute approximate surface area is 115 Å². The first-order valence-corrected chi connectivity index (χ1v) is 6.37. The molecule has 0 aromatic carbocycles. The van der Waals surface area contributed by atoms with Crippen molar-refractivity contribution >= 4 is 11.9 Å². The number of hydrogen-bond donors (Lipinski definition) is 2. The maximum absolute atomic E-state index is 12.0. The summed E-state index contributed by atoms with van der Waals surface area (Å²) in [5.41, 5.74) is -1.00. The largest absolute Gasteiger partial charge is 0.481 e. The number of likely N-dealkylation sites (tertiary alicyclic amines) is 1. The zero-order chi connectivity index (χ0) is 15.6. The van der Waals surface area contributed by atoms with Crippen LogP contribution < -0.4 is 5.32 Å². The average molecular weight is 296 g/mol. The smallest absolute Gasteiger partial charge is 0.401 e. The Morgan fingerprint density at radius 2 is 2.00 bits per heavy atom. The molecule has 1 atom stereocenters. The number of carboxylic acids is 1. The molecule has 2 N–H and O–H groups in total. The lowest BCUT2D eigenvalue weighted by Crippen LogP contribution is -2.43. The minimum absolute atomic E-state index is 0.0481. The van der Waals surface area contributed by atoms with Crippen LogP contribution in [0.3, 0.4) is 0 Å². The zero-order valence-corrected chi connectivity index (χ0v) is 11.5. The topological polar surface area (TPSA) is 69.6 Å². The van der Waals surface area contributed by atoms with Crippen LogP contribution in [0.1, 0.15) is 20.3 Å².